The van der Waals surface area contributed by atoms with Crippen molar-refractivity contribution in [1.82, 2.24) is 0 Å². The van der Waals surface area contributed by atoms with E-state index < -0.39 is 5.38 Å². The van der Waals surface area contributed by atoms with Gasteiger partial charge in [-0.05, 0) is 35.9 Å². The second-order valence-electron chi connectivity index (χ2n) is 4.35. The zero-order valence-electron chi connectivity index (χ0n) is 10.3. The van der Waals surface area contributed by atoms with Crippen LogP contribution in [0.5, 0.6) is 11.5 Å². The molecule has 20 heavy (non-hydrogen) atoms. The second-order valence-corrected chi connectivity index (χ2v) is 5.22. The van der Waals surface area contributed by atoms with Gasteiger partial charge in [0, 0.05) is 10.6 Å². The van der Waals surface area contributed by atoms with Gasteiger partial charge in [0.05, 0.1) is 0 Å². The van der Waals surface area contributed by atoms with Crippen molar-refractivity contribution in [2.24, 2.45) is 0 Å². The summed E-state index contributed by atoms with van der Waals surface area (Å²) in [5, 5.41) is -0.152. The number of hydrogen-bond donors (Lipinski definition) is 0. The number of benzene rings is 2. The van der Waals surface area contributed by atoms with Crippen LogP contribution in [-0.4, -0.2) is 12.6 Å². The van der Waals surface area contributed by atoms with Crippen LogP contribution in [0.2, 0.25) is 5.02 Å². The third kappa shape index (κ3) is 2.47. The number of rotatable bonds is 3. The average molecular weight is 309 g/mol. The van der Waals surface area contributed by atoms with E-state index in [0.717, 1.165) is 0 Å². The fourth-order valence-corrected chi connectivity index (χ4v) is 2.38. The number of halogens is 2. The molecule has 1 heterocycles. The van der Waals surface area contributed by atoms with Gasteiger partial charge in [-0.1, -0.05) is 23.7 Å². The van der Waals surface area contributed by atoms with Gasteiger partial charge in [0.2, 0.25) is 6.79 Å². The minimum atomic E-state index is -0.757. The molecule has 0 saturated heterocycles. The summed E-state index contributed by atoms with van der Waals surface area (Å²) in [6.45, 7) is 0.175. The van der Waals surface area contributed by atoms with E-state index in [1.54, 1.807) is 42.5 Å². The van der Waals surface area contributed by atoms with E-state index in [-0.39, 0.29) is 12.6 Å². The molecule has 3 nitrogen and oxygen atoms in total. The SMILES string of the molecule is O=C(c1ccc2c(c1)OCO2)C(Cl)c1ccc(Cl)cc1. The lowest BCUT2D eigenvalue weighted by Crippen LogP contribution is -2.07. The summed E-state index contributed by atoms with van der Waals surface area (Å²) in [4.78, 5) is 12.4. The van der Waals surface area contributed by atoms with Crippen LogP contribution in [0.15, 0.2) is 42.5 Å². The first-order valence-electron chi connectivity index (χ1n) is 5.98. The van der Waals surface area contributed by atoms with Crippen LogP contribution in [0.1, 0.15) is 21.3 Å². The van der Waals surface area contributed by atoms with Gasteiger partial charge in [0.25, 0.3) is 0 Å². The van der Waals surface area contributed by atoms with E-state index >= 15 is 0 Å². The summed E-state index contributed by atoms with van der Waals surface area (Å²) in [6, 6.07) is 11.9. The molecule has 0 aliphatic carbocycles. The third-order valence-electron chi connectivity index (χ3n) is 3.05. The summed E-state index contributed by atoms with van der Waals surface area (Å²) in [5.41, 5.74) is 1.20. The van der Waals surface area contributed by atoms with Gasteiger partial charge in [-0.2, -0.15) is 0 Å². The van der Waals surface area contributed by atoms with E-state index in [0.29, 0.717) is 27.6 Å². The van der Waals surface area contributed by atoms with Gasteiger partial charge in [-0.3, -0.25) is 4.79 Å². The number of alkyl halides is 1. The van der Waals surface area contributed by atoms with Crippen LogP contribution in [-0.2, 0) is 0 Å². The molecule has 0 amide bonds. The average Bonchev–Trinajstić information content (AvgIpc) is 2.94. The molecule has 3 rings (SSSR count). The number of ether oxygens (including phenoxy) is 2. The Bertz CT molecular complexity index is 653. The molecule has 1 atom stereocenters. The third-order valence-corrected chi connectivity index (χ3v) is 3.75. The maximum absolute atomic E-state index is 12.4. The second kappa shape index (κ2) is 5.35. The number of carbonyl (C=O) groups excluding carboxylic acids is 1. The van der Waals surface area contributed by atoms with Gasteiger partial charge in [-0.15, -0.1) is 11.6 Å². The van der Waals surface area contributed by atoms with Gasteiger partial charge < -0.3 is 9.47 Å². The van der Waals surface area contributed by atoms with Crippen LogP contribution in [0.3, 0.4) is 0 Å². The summed E-state index contributed by atoms with van der Waals surface area (Å²) in [7, 11) is 0. The van der Waals surface area contributed by atoms with Crippen molar-refractivity contribution in [3.63, 3.8) is 0 Å². The van der Waals surface area contributed by atoms with E-state index in [4.69, 9.17) is 32.7 Å². The van der Waals surface area contributed by atoms with Crippen molar-refractivity contribution in [2.75, 3.05) is 6.79 Å². The Hall–Kier alpha value is -1.71. The first-order valence-corrected chi connectivity index (χ1v) is 6.80. The monoisotopic (exact) mass is 308 g/mol. The van der Waals surface area contributed by atoms with E-state index in [9.17, 15) is 4.79 Å². The Balaban J connectivity index is 1.86. The molecule has 0 spiro atoms. The minimum absolute atomic E-state index is 0.175. The highest BCUT2D eigenvalue weighted by atomic mass is 35.5. The highest BCUT2D eigenvalue weighted by Gasteiger charge is 2.22. The summed E-state index contributed by atoms with van der Waals surface area (Å²) >= 11 is 12.0. The predicted octanol–water partition coefficient (Wildman–Crippen LogP) is 4.23. The molecule has 0 saturated carbocycles. The molecular weight excluding hydrogens is 299 g/mol. The minimum Gasteiger partial charge on any atom is -0.454 e. The van der Waals surface area contributed by atoms with Crippen LogP contribution in [0.4, 0.5) is 0 Å². The fraction of sp³-hybridized carbons (Fsp3) is 0.133. The molecule has 1 unspecified atom stereocenters. The standard InChI is InChI=1S/C15H10Cl2O3/c16-11-4-1-9(2-5-11)14(17)15(18)10-3-6-12-13(7-10)20-8-19-12/h1-7,14H,8H2. The van der Waals surface area contributed by atoms with Crippen LogP contribution in [0, 0.1) is 0 Å². The van der Waals surface area contributed by atoms with Gasteiger partial charge in [0.1, 0.15) is 5.38 Å². The Kier molecular flexibility index (Phi) is 3.55. The molecule has 1 aliphatic heterocycles. The molecule has 1 aliphatic rings. The lowest BCUT2D eigenvalue weighted by molar-refractivity contribution is 0.0986. The predicted molar refractivity (Wildman–Crippen MR) is 76.9 cm³/mol. The number of fused-ring (bicyclic) bond motifs is 1. The number of Topliss-reactive ketones (excluding diaryl/α,β-unsaturated/α-hetero) is 1. The summed E-state index contributed by atoms with van der Waals surface area (Å²) < 4.78 is 10.5. The van der Waals surface area contributed by atoms with Crippen molar-refractivity contribution >= 4 is 29.0 Å². The van der Waals surface area contributed by atoms with Crippen molar-refractivity contribution < 1.29 is 14.3 Å². The molecular formula is C15H10Cl2O3. The molecule has 0 fully saturated rings. The Morgan fingerprint density at radius 3 is 2.50 bits per heavy atom. The molecule has 0 aromatic heterocycles. The number of hydrogen-bond acceptors (Lipinski definition) is 3. The molecule has 0 bridgehead atoms. The maximum Gasteiger partial charge on any atom is 0.231 e. The first-order chi connectivity index (χ1) is 9.65. The zero-order valence-corrected chi connectivity index (χ0v) is 11.8. The lowest BCUT2D eigenvalue weighted by atomic mass is 10.0. The van der Waals surface area contributed by atoms with Gasteiger partial charge in [-0.25, -0.2) is 0 Å². The Morgan fingerprint density at radius 2 is 1.75 bits per heavy atom. The maximum atomic E-state index is 12.4. The molecule has 102 valence electrons. The highest BCUT2D eigenvalue weighted by Crippen LogP contribution is 2.34. The molecule has 0 N–H and O–H groups in total. The summed E-state index contributed by atoms with van der Waals surface area (Å²) in [6.07, 6.45) is 0. The number of ketones is 1. The van der Waals surface area contributed by atoms with Gasteiger partial charge in [0.15, 0.2) is 17.3 Å². The summed E-state index contributed by atoms with van der Waals surface area (Å²) in [5.74, 6) is 1.02. The molecule has 0 radical (unpaired) electrons. The normalized spacial score (nSPS) is 14.1. The van der Waals surface area contributed by atoms with Crippen molar-refractivity contribution in [3.05, 3.63) is 58.6 Å². The molecule has 5 heteroatoms. The molecule has 2 aromatic carbocycles. The van der Waals surface area contributed by atoms with E-state index in [1.165, 1.54) is 0 Å². The smallest absolute Gasteiger partial charge is 0.231 e. The van der Waals surface area contributed by atoms with E-state index in [1.807, 2.05) is 0 Å². The number of carbonyl (C=O) groups is 1. The molecule has 2 aromatic rings. The quantitative estimate of drug-likeness (QED) is 0.628. The van der Waals surface area contributed by atoms with Crippen LogP contribution < -0.4 is 9.47 Å². The van der Waals surface area contributed by atoms with Crippen molar-refractivity contribution in [1.29, 1.82) is 0 Å². The largest absolute Gasteiger partial charge is 0.454 e. The Morgan fingerprint density at radius 1 is 1.05 bits per heavy atom. The van der Waals surface area contributed by atoms with Gasteiger partial charge >= 0.3 is 0 Å². The fourth-order valence-electron chi connectivity index (χ4n) is 1.98. The zero-order chi connectivity index (χ0) is 14.1. The topological polar surface area (TPSA) is 35.5 Å². The lowest BCUT2D eigenvalue weighted by Gasteiger charge is -2.09. The van der Waals surface area contributed by atoms with Crippen molar-refractivity contribution in [2.45, 2.75) is 5.38 Å². The Labute approximate surface area is 126 Å². The van der Waals surface area contributed by atoms with Crippen molar-refractivity contribution in [3.8, 4) is 11.5 Å². The highest BCUT2D eigenvalue weighted by molar-refractivity contribution is 6.34. The van der Waals surface area contributed by atoms with E-state index in [2.05, 4.69) is 0 Å². The van der Waals surface area contributed by atoms with Crippen LogP contribution in [0.25, 0.3) is 0 Å². The first kappa shape index (κ1) is 13.3. The van der Waals surface area contributed by atoms with Crippen LogP contribution >= 0.6 is 23.2 Å².